The highest BCUT2D eigenvalue weighted by molar-refractivity contribution is 5.76. The van der Waals surface area contributed by atoms with Gasteiger partial charge in [-0.25, -0.2) is 0 Å². The highest BCUT2D eigenvalue weighted by Gasteiger charge is 2.27. The van der Waals surface area contributed by atoms with E-state index in [2.05, 4.69) is 10.1 Å². The van der Waals surface area contributed by atoms with Gasteiger partial charge in [-0.2, -0.15) is 4.98 Å². The van der Waals surface area contributed by atoms with E-state index >= 15 is 0 Å². The number of carbonyl (C=O) groups is 1. The third kappa shape index (κ3) is 3.82. The van der Waals surface area contributed by atoms with Gasteiger partial charge in [-0.05, 0) is 20.8 Å². The zero-order valence-electron chi connectivity index (χ0n) is 14.4. The molecule has 0 saturated carbocycles. The molecule has 6 nitrogen and oxygen atoms in total. The molecule has 1 aliphatic rings. The van der Waals surface area contributed by atoms with Crippen LogP contribution in [0.4, 0.5) is 0 Å². The van der Waals surface area contributed by atoms with Crippen molar-refractivity contribution in [3.8, 4) is 11.4 Å². The standard InChI is InChI=1S/C18H23N3O3/c1-12-4-6-15(7-5-12)18-19-16(24-20-18)8-9-17(22)21-10-14(3)23-11-13(21)2/h4-7,13-14H,8-11H2,1-3H3. The summed E-state index contributed by atoms with van der Waals surface area (Å²) in [6, 6.07) is 8.06. The number of ether oxygens (including phenoxy) is 1. The lowest BCUT2D eigenvalue weighted by atomic mass is 10.1. The van der Waals surface area contributed by atoms with Crippen LogP contribution in [-0.2, 0) is 16.0 Å². The average molecular weight is 329 g/mol. The Morgan fingerprint density at radius 2 is 2.04 bits per heavy atom. The summed E-state index contributed by atoms with van der Waals surface area (Å²) < 4.78 is 10.8. The molecular formula is C18H23N3O3. The maximum absolute atomic E-state index is 12.4. The van der Waals surface area contributed by atoms with Crippen LogP contribution < -0.4 is 0 Å². The molecule has 6 heteroatoms. The molecule has 2 unspecified atom stereocenters. The molecule has 1 fully saturated rings. The van der Waals surface area contributed by atoms with Crippen molar-refractivity contribution < 1.29 is 14.1 Å². The van der Waals surface area contributed by atoms with Gasteiger partial charge in [0.15, 0.2) is 0 Å². The lowest BCUT2D eigenvalue weighted by Crippen LogP contribution is -2.50. The number of rotatable bonds is 4. The summed E-state index contributed by atoms with van der Waals surface area (Å²) in [5, 5.41) is 4.00. The van der Waals surface area contributed by atoms with Crippen molar-refractivity contribution in [1.82, 2.24) is 15.0 Å². The highest BCUT2D eigenvalue weighted by atomic mass is 16.5. The van der Waals surface area contributed by atoms with Crippen molar-refractivity contribution in [1.29, 1.82) is 0 Å². The Hall–Kier alpha value is -2.21. The number of hydrogen-bond acceptors (Lipinski definition) is 5. The number of hydrogen-bond donors (Lipinski definition) is 0. The first kappa shape index (κ1) is 16.6. The summed E-state index contributed by atoms with van der Waals surface area (Å²) in [6.07, 6.45) is 0.907. The van der Waals surface area contributed by atoms with Gasteiger partial charge in [0.1, 0.15) is 0 Å². The molecule has 2 aromatic rings. The van der Waals surface area contributed by atoms with Gasteiger partial charge in [0.05, 0.1) is 18.8 Å². The summed E-state index contributed by atoms with van der Waals surface area (Å²) in [7, 11) is 0. The van der Waals surface area contributed by atoms with Crippen LogP contribution in [0.15, 0.2) is 28.8 Å². The second kappa shape index (κ2) is 7.13. The molecule has 1 aromatic heterocycles. The minimum absolute atomic E-state index is 0.0849. The first-order valence-electron chi connectivity index (χ1n) is 8.33. The molecule has 0 N–H and O–H groups in total. The molecule has 1 saturated heterocycles. The average Bonchev–Trinajstić information content (AvgIpc) is 3.04. The number of benzene rings is 1. The second-order valence-electron chi connectivity index (χ2n) is 6.42. The Kier molecular flexibility index (Phi) is 4.94. The number of aryl methyl sites for hydroxylation is 2. The normalized spacial score (nSPS) is 21.0. The van der Waals surface area contributed by atoms with E-state index in [1.807, 2.05) is 49.9 Å². The van der Waals surface area contributed by atoms with Crippen molar-refractivity contribution >= 4 is 5.91 Å². The summed E-state index contributed by atoms with van der Waals surface area (Å²) >= 11 is 0. The molecule has 3 rings (SSSR count). The molecule has 128 valence electrons. The fourth-order valence-electron chi connectivity index (χ4n) is 2.78. The predicted molar refractivity (Wildman–Crippen MR) is 89.4 cm³/mol. The van der Waals surface area contributed by atoms with Crippen LogP contribution in [0.2, 0.25) is 0 Å². The summed E-state index contributed by atoms with van der Waals surface area (Å²) in [5.41, 5.74) is 2.10. The first-order valence-corrected chi connectivity index (χ1v) is 8.33. The fraction of sp³-hybridized carbons (Fsp3) is 0.500. The van der Waals surface area contributed by atoms with E-state index in [1.165, 1.54) is 5.56 Å². The fourth-order valence-corrected chi connectivity index (χ4v) is 2.78. The molecule has 0 radical (unpaired) electrons. The largest absolute Gasteiger partial charge is 0.375 e. The van der Waals surface area contributed by atoms with Crippen LogP contribution in [0, 0.1) is 6.92 Å². The molecule has 1 amide bonds. The molecular weight excluding hydrogens is 306 g/mol. The van der Waals surface area contributed by atoms with Gasteiger partial charge in [0.2, 0.25) is 17.6 Å². The van der Waals surface area contributed by atoms with Crippen molar-refractivity contribution in [3.63, 3.8) is 0 Å². The van der Waals surface area contributed by atoms with Crippen LogP contribution in [0.5, 0.6) is 0 Å². The number of amides is 1. The van der Waals surface area contributed by atoms with E-state index in [1.54, 1.807) is 0 Å². The molecule has 2 heterocycles. The van der Waals surface area contributed by atoms with E-state index in [0.29, 0.717) is 37.7 Å². The van der Waals surface area contributed by atoms with E-state index in [9.17, 15) is 4.79 Å². The van der Waals surface area contributed by atoms with E-state index < -0.39 is 0 Å². The third-order valence-corrected chi connectivity index (χ3v) is 4.26. The number of morpholine rings is 1. The highest BCUT2D eigenvalue weighted by Crippen LogP contribution is 2.18. The summed E-state index contributed by atoms with van der Waals surface area (Å²) in [4.78, 5) is 18.7. The number of nitrogens with zero attached hydrogens (tertiary/aromatic N) is 3. The SMILES string of the molecule is Cc1ccc(-c2noc(CCC(=O)N3CC(C)OCC3C)n2)cc1. The Morgan fingerprint density at radius 1 is 1.29 bits per heavy atom. The van der Waals surface area contributed by atoms with Gasteiger partial charge >= 0.3 is 0 Å². The Labute approximate surface area is 141 Å². The van der Waals surface area contributed by atoms with Gasteiger partial charge in [-0.1, -0.05) is 35.0 Å². The van der Waals surface area contributed by atoms with Gasteiger partial charge in [0, 0.05) is 24.9 Å². The zero-order valence-corrected chi connectivity index (χ0v) is 14.4. The van der Waals surface area contributed by atoms with Crippen LogP contribution in [0.25, 0.3) is 11.4 Å². The zero-order chi connectivity index (χ0) is 17.1. The lowest BCUT2D eigenvalue weighted by molar-refractivity contribution is -0.143. The molecule has 0 spiro atoms. The minimum Gasteiger partial charge on any atom is -0.375 e. The van der Waals surface area contributed by atoms with Crippen molar-refractivity contribution in [3.05, 3.63) is 35.7 Å². The Morgan fingerprint density at radius 3 is 2.79 bits per heavy atom. The van der Waals surface area contributed by atoms with Crippen molar-refractivity contribution in [2.75, 3.05) is 13.2 Å². The van der Waals surface area contributed by atoms with Gasteiger partial charge in [0.25, 0.3) is 0 Å². The molecule has 1 aliphatic heterocycles. The van der Waals surface area contributed by atoms with Crippen LogP contribution in [0.1, 0.15) is 31.7 Å². The van der Waals surface area contributed by atoms with Gasteiger partial charge in [-0.15, -0.1) is 0 Å². The monoisotopic (exact) mass is 329 g/mol. The van der Waals surface area contributed by atoms with E-state index in [0.717, 1.165) is 5.56 Å². The summed E-state index contributed by atoms with van der Waals surface area (Å²) in [6.45, 7) is 7.25. The van der Waals surface area contributed by atoms with E-state index in [-0.39, 0.29) is 18.1 Å². The van der Waals surface area contributed by atoms with E-state index in [4.69, 9.17) is 9.26 Å². The Balaban J connectivity index is 1.59. The molecule has 0 aliphatic carbocycles. The van der Waals surface area contributed by atoms with Crippen LogP contribution in [0.3, 0.4) is 0 Å². The molecule has 2 atom stereocenters. The van der Waals surface area contributed by atoms with Gasteiger partial charge in [-0.3, -0.25) is 4.79 Å². The maximum Gasteiger partial charge on any atom is 0.227 e. The molecule has 24 heavy (non-hydrogen) atoms. The maximum atomic E-state index is 12.4. The Bertz CT molecular complexity index is 696. The minimum atomic E-state index is 0.0849. The van der Waals surface area contributed by atoms with Crippen molar-refractivity contribution in [2.45, 2.75) is 45.8 Å². The summed E-state index contributed by atoms with van der Waals surface area (Å²) in [5.74, 6) is 1.16. The third-order valence-electron chi connectivity index (χ3n) is 4.26. The molecule has 0 bridgehead atoms. The van der Waals surface area contributed by atoms with Crippen molar-refractivity contribution in [2.24, 2.45) is 0 Å². The number of carbonyl (C=O) groups excluding carboxylic acids is 1. The lowest BCUT2D eigenvalue weighted by Gasteiger charge is -2.36. The first-order chi connectivity index (χ1) is 11.5. The smallest absolute Gasteiger partial charge is 0.227 e. The second-order valence-corrected chi connectivity index (χ2v) is 6.42. The topological polar surface area (TPSA) is 68.5 Å². The molecule has 1 aromatic carbocycles. The predicted octanol–water partition coefficient (Wildman–Crippen LogP) is 2.61. The van der Waals surface area contributed by atoms with Crippen LogP contribution >= 0.6 is 0 Å². The van der Waals surface area contributed by atoms with Crippen LogP contribution in [-0.4, -0.2) is 46.2 Å². The quantitative estimate of drug-likeness (QED) is 0.862. The van der Waals surface area contributed by atoms with Gasteiger partial charge < -0.3 is 14.2 Å². The number of aromatic nitrogens is 2.